The molecule has 0 aliphatic carbocycles. The number of carbonyl (C=O) groups is 2. The smallest absolute Gasteiger partial charge is 0.265 e. The lowest BCUT2D eigenvalue weighted by Crippen LogP contribution is -2.52. The molecular formula is C24H29N3O3. The van der Waals surface area contributed by atoms with Crippen LogP contribution in [0.5, 0.6) is 5.75 Å². The van der Waals surface area contributed by atoms with Gasteiger partial charge < -0.3 is 19.9 Å². The third kappa shape index (κ3) is 4.58. The molecule has 6 nitrogen and oxygen atoms in total. The van der Waals surface area contributed by atoms with Crippen molar-refractivity contribution in [3.63, 3.8) is 0 Å². The molecule has 6 heteroatoms. The fourth-order valence-electron chi connectivity index (χ4n) is 4.10. The van der Waals surface area contributed by atoms with Crippen LogP contribution in [0.3, 0.4) is 0 Å². The number of hydrogen-bond acceptors (Lipinski definition) is 4. The SMILES string of the molecule is CCc1ccc(NC(=O)CN2C[C@H](C(=O)N3CCCCC3)Oc3ccccc32)cc1. The van der Waals surface area contributed by atoms with Gasteiger partial charge in [-0.25, -0.2) is 0 Å². The van der Waals surface area contributed by atoms with Crippen molar-refractivity contribution < 1.29 is 14.3 Å². The van der Waals surface area contributed by atoms with Crippen LogP contribution < -0.4 is 15.0 Å². The molecule has 30 heavy (non-hydrogen) atoms. The van der Waals surface area contributed by atoms with Crippen LogP contribution >= 0.6 is 0 Å². The van der Waals surface area contributed by atoms with E-state index in [-0.39, 0.29) is 18.4 Å². The monoisotopic (exact) mass is 407 g/mol. The van der Waals surface area contributed by atoms with Crippen molar-refractivity contribution in [2.75, 3.05) is 36.4 Å². The number of hydrogen-bond donors (Lipinski definition) is 1. The van der Waals surface area contributed by atoms with Crippen molar-refractivity contribution in [1.29, 1.82) is 0 Å². The second-order valence-electron chi connectivity index (χ2n) is 7.94. The lowest BCUT2D eigenvalue weighted by Gasteiger charge is -2.38. The maximum Gasteiger partial charge on any atom is 0.265 e. The number of nitrogens with zero attached hydrogens (tertiary/aromatic N) is 2. The van der Waals surface area contributed by atoms with E-state index in [1.807, 2.05) is 58.3 Å². The predicted octanol–water partition coefficient (Wildman–Crippen LogP) is 3.47. The van der Waals surface area contributed by atoms with Gasteiger partial charge in [0.2, 0.25) is 5.91 Å². The molecule has 4 rings (SSSR count). The van der Waals surface area contributed by atoms with Crippen LogP contribution in [0.2, 0.25) is 0 Å². The minimum absolute atomic E-state index is 0.0183. The van der Waals surface area contributed by atoms with Gasteiger partial charge in [0, 0.05) is 18.8 Å². The number of aryl methyl sites for hydroxylation is 1. The van der Waals surface area contributed by atoms with E-state index in [0.29, 0.717) is 12.3 Å². The van der Waals surface area contributed by atoms with E-state index in [2.05, 4.69) is 12.2 Å². The summed E-state index contributed by atoms with van der Waals surface area (Å²) in [6.45, 7) is 4.21. The van der Waals surface area contributed by atoms with Crippen LogP contribution in [0.25, 0.3) is 0 Å². The van der Waals surface area contributed by atoms with Gasteiger partial charge in [-0.15, -0.1) is 0 Å². The number of benzene rings is 2. The summed E-state index contributed by atoms with van der Waals surface area (Å²) in [7, 11) is 0. The van der Waals surface area contributed by atoms with Crippen LogP contribution in [0.1, 0.15) is 31.7 Å². The van der Waals surface area contributed by atoms with Gasteiger partial charge in [0.25, 0.3) is 5.91 Å². The minimum Gasteiger partial charge on any atom is -0.477 e. The number of fused-ring (bicyclic) bond motifs is 1. The highest BCUT2D eigenvalue weighted by Crippen LogP contribution is 2.33. The Morgan fingerprint density at radius 2 is 1.77 bits per heavy atom. The Balaban J connectivity index is 1.46. The van der Waals surface area contributed by atoms with E-state index in [1.54, 1.807) is 0 Å². The van der Waals surface area contributed by atoms with Gasteiger partial charge >= 0.3 is 0 Å². The topological polar surface area (TPSA) is 61.9 Å². The number of anilines is 2. The van der Waals surface area contributed by atoms with E-state index in [1.165, 1.54) is 12.0 Å². The van der Waals surface area contributed by atoms with E-state index >= 15 is 0 Å². The second-order valence-corrected chi connectivity index (χ2v) is 7.94. The third-order valence-electron chi connectivity index (χ3n) is 5.78. The Kier molecular flexibility index (Phi) is 6.21. The first-order chi connectivity index (χ1) is 14.6. The fraction of sp³-hybridized carbons (Fsp3) is 0.417. The summed E-state index contributed by atoms with van der Waals surface area (Å²) in [5, 5.41) is 2.96. The van der Waals surface area contributed by atoms with Gasteiger partial charge in [-0.1, -0.05) is 31.2 Å². The Bertz CT molecular complexity index is 891. The van der Waals surface area contributed by atoms with Crippen molar-refractivity contribution in [3.05, 3.63) is 54.1 Å². The quantitative estimate of drug-likeness (QED) is 0.825. The normalized spacial score (nSPS) is 18.4. The van der Waals surface area contributed by atoms with Crippen molar-refractivity contribution >= 4 is 23.2 Å². The lowest BCUT2D eigenvalue weighted by molar-refractivity contribution is -0.139. The van der Waals surface area contributed by atoms with Gasteiger partial charge in [-0.05, 0) is 55.5 Å². The Labute approximate surface area is 177 Å². The standard InChI is InChI=1S/C24H29N3O3/c1-2-18-10-12-19(13-11-18)25-23(28)17-27-16-22(24(29)26-14-6-3-7-15-26)30-21-9-5-4-8-20(21)27/h4-5,8-13,22H,2-3,6-7,14-17H2,1H3,(H,25,28)/t22-/m1/s1. The van der Waals surface area contributed by atoms with E-state index < -0.39 is 6.10 Å². The average Bonchev–Trinajstić information content (AvgIpc) is 2.79. The number of piperidine rings is 1. The molecule has 0 saturated carbocycles. The average molecular weight is 408 g/mol. The number of ether oxygens (including phenoxy) is 1. The number of rotatable bonds is 5. The molecule has 2 aromatic rings. The number of carbonyl (C=O) groups excluding carboxylic acids is 2. The molecule has 2 aromatic carbocycles. The second kappa shape index (κ2) is 9.20. The largest absolute Gasteiger partial charge is 0.477 e. The van der Waals surface area contributed by atoms with Crippen LogP contribution in [0.15, 0.2) is 48.5 Å². The summed E-state index contributed by atoms with van der Waals surface area (Å²) in [5.74, 6) is 0.559. The Hall–Kier alpha value is -3.02. The van der Waals surface area contributed by atoms with Gasteiger partial charge in [-0.2, -0.15) is 0 Å². The van der Waals surface area contributed by atoms with Gasteiger partial charge in [0.05, 0.1) is 18.8 Å². The van der Waals surface area contributed by atoms with E-state index in [9.17, 15) is 9.59 Å². The molecule has 158 valence electrons. The molecular weight excluding hydrogens is 378 g/mol. The number of nitrogens with one attached hydrogen (secondary N) is 1. The first-order valence-corrected chi connectivity index (χ1v) is 10.8. The molecule has 1 fully saturated rings. The third-order valence-corrected chi connectivity index (χ3v) is 5.78. The molecule has 1 saturated heterocycles. The highest BCUT2D eigenvalue weighted by molar-refractivity contribution is 5.95. The molecule has 1 atom stereocenters. The summed E-state index contributed by atoms with van der Waals surface area (Å²) >= 11 is 0. The van der Waals surface area contributed by atoms with Crippen molar-refractivity contribution in [2.24, 2.45) is 0 Å². The fourth-order valence-corrected chi connectivity index (χ4v) is 4.10. The lowest BCUT2D eigenvalue weighted by atomic mass is 10.1. The van der Waals surface area contributed by atoms with Crippen molar-refractivity contribution in [2.45, 2.75) is 38.7 Å². The van der Waals surface area contributed by atoms with Gasteiger partial charge in [0.15, 0.2) is 6.10 Å². The molecule has 2 aliphatic rings. The van der Waals surface area contributed by atoms with Gasteiger partial charge in [-0.3, -0.25) is 9.59 Å². The van der Waals surface area contributed by atoms with E-state index in [4.69, 9.17) is 4.74 Å². The highest BCUT2D eigenvalue weighted by Gasteiger charge is 2.34. The number of para-hydroxylation sites is 2. The zero-order chi connectivity index (χ0) is 20.9. The maximum atomic E-state index is 13.0. The first-order valence-electron chi connectivity index (χ1n) is 10.8. The molecule has 0 unspecified atom stereocenters. The molecule has 2 aliphatic heterocycles. The van der Waals surface area contributed by atoms with Crippen LogP contribution in [0, 0.1) is 0 Å². The van der Waals surface area contributed by atoms with Gasteiger partial charge in [0.1, 0.15) is 5.75 Å². The zero-order valence-corrected chi connectivity index (χ0v) is 17.5. The first kappa shape index (κ1) is 20.3. The van der Waals surface area contributed by atoms with Crippen molar-refractivity contribution in [3.8, 4) is 5.75 Å². The Morgan fingerprint density at radius 1 is 1.03 bits per heavy atom. The van der Waals surface area contributed by atoms with Crippen LogP contribution in [0.4, 0.5) is 11.4 Å². The van der Waals surface area contributed by atoms with E-state index in [0.717, 1.165) is 43.7 Å². The summed E-state index contributed by atoms with van der Waals surface area (Å²) in [6, 6.07) is 15.5. The summed E-state index contributed by atoms with van der Waals surface area (Å²) < 4.78 is 6.04. The van der Waals surface area contributed by atoms with Crippen LogP contribution in [-0.4, -0.2) is 49.0 Å². The molecule has 0 aromatic heterocycles. The molecule has 0 radical (unpaired) electrons. The molecule has 0 spiro atoms. The maximum absolute atomic E-state index is 13.0. The van der Waals surface area contributed by atoms with Crippen molar-refractivity contribution in [1.82, 2.24) is 4.90 Å². The highest BCUT2D eigenvalue weighted by atomic mass is 16.5. The number of likely N-dealkylation sites (tertiary alicyclic amines) is 1. The molecule has 0 bridgehead atoms. The molecule has 2 heterocycles. The molecule has 2 amide bonds. The number of amides is 2. The summed E-state index contributed by atoms with van der Waals surface area (Å²) in [5.41, 5.74) is 2.85. The summed E-state index contributed by atoms with van der Waals surface area (Å²) in [4.78, 5) is 29.6. The molecule has 1 N–H and O–H groups in total. The zero-order valence-electron chi connectivity index (χ0n) is 17.5. The van der Waals surface area contributed by atoms with Crippen LogP contribution in [-0.2, 0) is 16.0 Å². The Morgan fingerprint density at radius 3 is 2.50 bits per heavy atom. The minimum atomic E-state index is -0.588. The summed E-state index contributed by atoms with van der Waals surface area (Å²) in [6.07, 6.45) is 3.62. The predicted molar refractivity (Wildman–Crippen MR) is 118 cm³/mol.